The van der Waals surface area contributed by atoms with Crippen LogP contribution in [0.3, 0.4) is 0 Å². The molecule has 1 aromatic carbocycles. The summed E-state index contributed by atoms with van der Waals surface area (Å²) in [6.45, 7) is 3.26. The van der Waals surface area contributed by atoms with Crippen molar-refractivity contribution in [2.75, 3.05) is 18.4 Å². The Morgan fingerprint density at radius 1 is 0.902 bits per heavy atom. The number of fused-ring (bicyclic) bond motifs is 3. The van der Waals surface area contributed by atoms with E-state index in [1.54, 1.807) is 24.8 Å². The van der Waals surface area contributed by atoms with Crippen LogP contribution in [0.1, 0.15) is 24.2 Å². The first-order valence-electron chi connectivity index (χ1n) is 13.6. The van der Waals surface area contributed by atoms with E-state index in [1.807, 2.05) is 36.5 Å². The first-order chi connectivity index (χ1) is 20.2. The van der Waals surface area contributed by atoms with Crippen molar-refractivity contribution in [3.05, 3.63) is 90.9 Å². The van der Waals surface area contributed by atoms with E-state index in [0.717, 1.165) is 72.1 Å². The number of anilines is 1. The van der Waals surface area contributed by atoms with Crippen LogP contribution in [-0.2, 0) is 13.3 Å². The Kier molecular flexibility index (Phi) is 6.55. The quantitative estimate of drug-likeness (QED) is 0.325. The molecule has 6 heterocycles. The standard InChI is InChI=1S/C31H27N9O/c32-17-28-35-14-8-27(37-28)36-24-9-15-39(16-10-24)19-21-1-3-22(4-2-21)29-30(23-5-11-33-12-6-23)40-20-41-26-7-13-34-18-25(26)31(40)38-29/h1-8,11-14,18,24H,9-10,15-16,19-20H2,(H,35,36,37). The number of nitrogens with zero attached hydrogens (tertiary/aromatic N) is 8. The van der Waals surface area contributed by atoms with E-state index in [4.69, 9.17) is 15.0 Å². The zero-order chi connectivity index (χ0) is 27.6. The predicted molar refractivity (Wildman–Crippen MR) is 153 cm³/mol. The maximum Gasteiger partial charge on any atom is 0.234 e. The first-order valence-corrected chi connectivity index (χ1v) is 13.6. The molecule has 1 fully saturated rings. The minimum absolute atomic E-state index is 0.189. The third-order valence-corrected chi connectivity index (χ3v) is 7.62. The smallest absolute Gasteiger partial charge is 0.234 e. The zero-order valence-electron chi connectivity index (χ0n) is 22.3. The highest BCUT2D eigenvalue weighted by Gasteiger charge is 2.27. The number of nitrogens with one attached hydrogen (secondary N) is 1. The molecule has 0 saturated carbocycles. The molecule has 2 aliphatic rings. The van der Waals surface area contributed by atoms with Gasteiger partial charge in [-0.2, -0.15) is 5.26 Å². The van der Waals surface area contributed by atoms with E-state index in [2.05, 4.69) is 59.0 Å². The fourth-order valence-electron chi connectivity index (χ4n) is 5.56. The lowest BCUT2D eigenvalue weighted by Crippen LogP contribution is -2.38. The van der Waals surface area contributed by atoms with Crippen LogP contribution < -0.4 is 10.1 Å². The molecule has 10 nitrogen and oxygen atoms in total. The van der Waals surface area contributed by atoms with Crippen molar-refractivity contribution in [1.29, 1.82) is 5.26 Å². The highest BCUT2D eigenvalue weighted by Crippen LogP contribution is 2.41. The molecule has 0 bridgehead atoms. The molecule has 5 aromatic rings. The molecule has 2 aliphatic heterocycles. The van der Waals surface area contributed by atoms with E-state index in [0.29, 0.717) is 18.6 Å². The third-order valence-electron chi connectivity index (χ3n) is 7.62. The molecule has 0 unspecified atom stereocenters. The topological polar surface area (TPSA) is 118 Å². The van der Waals surface area contributed by atoms with Crippen molar-refractivity contribution in [2.24, 2.45) is 0 Å². The Morgan fingerprint density at radius 2 is 1.71 bits per heavy atom. The van der Waals surface area contributed by atoms with Crippen molar-refractivity contribution in [3.63, 3.8) is 0 Å². The highest BCUT2D eigenvalue weighted by molar-refractivity contribution is 5.83. The molecule has 0 atom stereocenters. The van der Waals surface area contributed by atoms with E-state index < -0.39 is 0 Å². The summed E-state index contributed by atoms with van der Waals surface area (Å²) in [6.07, 6.45) is 10.8. The minimum atomic E-state index is 0.189. The third kappa shape index (κ3) is 4.99. The SMILES string of the molecule is N#Cc1nccc(NC2CCN(Cc3ccc(-c4nc5n(c4-c4ccncc4)COc4ccncc4-5)cc3)CC2)n1. The number of hydrogen-bond donors (Lipinski definition) is 1. The molecule has 1 saturated heterocycles. The maximum atomic E-state index is 9.04. The van der Waals surface area contributed by atoms with Gasteiger partial charge in [0.05, 0.1) is 17.0 Å². The monoisotopic (exact) mass is 541 g/mol. The van der Waals surface area contributed by atoms with E-state index in [1.165, 1.54) is 5.56 Å². The van der Waals surface area contributed by atoms with Gasteiger partial charge in [-0.05, 0) is 42.7 Å². The molecule has 7 rings (SSSR count). The van der Waals surface area contributed by atoms with Gasteiger partial charge < -0.3 is 10.1 Å². The van der Waals surface area contributed by atoms with Crippen molar-refractivity contribution in [3.8, 4) is 45.7 Å². The van der Waals surface area contributed by atoms with Gasteiger partial charge in [-0.25, -0.2) is 15.0 Å². The second kappa shape index (κ2) is 10.8. The largest absolute Gasteiger partial charge is 0.472 e. The molecular weight excluding hydrogens is 514 g/mol. The van der Waals surface area contributed by atoms with Crippen LogP contribution in [0.25, 0.3) is 33.9 Å². The van der Waals surface area contributed by atoms with Crippen molar-refractivity contribution < 1.29 is 4.74 Å². The van der Waals surface area contributed by atoms with Crippen LogP contribution in [0, 0.1) is 11.3 Å². The molecule has 1 N–H and O–H groups in total. The number of benzene rings is 1. The fraction of sp³-hybridized carbons (Fsp3) is 0.226. The summed E-state index contributed by atoms with van der Waals surface area (Å²) in [5.41, 5.74) is 6.16. The second-order valence-electron chi connectivity index (χ2n) is 10.2. The summed E-state index contributed by atoms with van der Waals surface area (Å²) < 4.78 is 8.17. The summed E-state index contributed by atoms with van der Waals surface area (Å²) in [4.78, 5) is 24.3. The van der Waals surface area contributed by atoms with Gasteiger partial charge in [0.15, 0.2) is 6.73 Å². The van der Waals surface area contributed by atoms with Crippen molar-refractivity contribution in [2.45, 2.75) is 32.2 Å². The summed E-state index contributed by atoms with van der Waals surface area (Å²) >= 11 is 0. The molecule has 0 radical (unpaired) electrons. The van der Waals surface area contributed by atoms with Crippen LogP contribution in [0.5, 0.6) is 5.75 Å². The zero-order valence-corrected chi connectivity index (χ0v) is 22.3. The van der Waals surface area contributed by atoms with Gasteiger partial charge in [0.2, 0.25) is 5.82 Å². The number of likely N-dealkylation sites (tertiary alicyclic amines) is 1. The Labute approximate surface area is 237 Å². The molecule has 41 heavy (non-hydrogen) atoms. The summed E-state index contributed by atoms with van der Waals surface area (Å²) in [7, 11) is 0. The van der Waals surface area contributed by atoms with E-state index in [9.17, 15) is 0 Å². The molecule has 10 heteroatoms. The molecule has 0 aliphatic carbocycles. The summed E-state index contributed by atoms with van der Waals surface area (Å²) in [6, 6.07) is 18.8. The van der Waals surface area contributed by atoms with Crippen LogP contribution in [0.2, 0.25) is 0 Å². The predicted octanol–water partition coefficient (Wildman–Crippen LogP) is 4.76. The van der Waals surface area contributed by atoms with E-state index >= 15 is 0 Å². The normalized spacial score (nSPS) is 14.9. The second-order valence-corrected chi connectivity index (χ2v) is 10.2. The van der Waals surface area contributed by atoms with Crippen molar-refractivity contribution in [1.82, 2.24) is 34.4 Å². The number of aromatic nitrogens is 6. The lowest BCUT2D eigenvalue weighted by atomic mass is 10.0. The number of hydrogen-bond acceptors (Lipinski definition) is 9. The molecule has 0 amide bonds. The average Bonchev–Trinajstić information content (AvgIpc) is 3.43. The average molecular weight is 542 g/mol. The van der Waals surface area contributed by atoms with Gasteiger partial charge in [0.25, 0.3) is 0 Å². The maximum absolute atomic E-state index is 9.04. The number of imidazole rings is 1. The lowest BCUT2D eigenvalue weighted by molar-refractivity contribution is 0.211. The molecule has 4 aromatic heterocycles. The van der Waals surface area contributed by atoms with Gasteiger partial charge in [-0.3, -0.25) is 19.4 Å². The highest BCUT2D eigenvalue weighted by atomic mass is 16.5. The van der Waals surface area contributed by atoms with Crippen LogP contribution in [0.4, 0.5) is 5.82 Å². The van der Waals surface area contributed by atoms with E-state index in [-0.39, 0.29) is 5.82 Å². The first kappa shape index (κ1) is 24.9. The fourth-order valence-corrected chi connectivity index (χ4v) is 5.56. The van der Waals surface area contributed by atoms with Crippen LogP contribution in [-0.4, -0.2) is 53.5 Å². The molecule has 0 spiro atoms. The minimum Gasteiger partial charge on any atom is -0.472 e. The molecule has 202 valence electrons. The Morgan fingerprint density at radius 3 is 2.51 bits per heavy atom. The number of nitriles is 1. The van der Waals surface area contributed by atoms with Crippen LogP contribution >= 0.6 is 0 Å². The summed E-state index contributed by atoms with van der Waals surface area (Å²) in [5.74, 6) is 2.55. The van der Waals surface area contributed by atoms with Gasteiger partial charge >= 0.3 is 0 Å². The number of rotatable bonds is 6. The van der Waals surface area contributed by atoms with Gasteiger partial charge in [-0.15, -0.1) is 0 Å². The number of pyridine rings is 2. The van der Waals surface area contributed by atoms with Gasteiger partial charge in [0, 0.05) is 67.8 Å². The number of ether oxygens (including phenoxy) is 1. The van der Waals surface area contributed by atoms with Crippen molar-refractivity contribution >= 4 is 5.82 Å². The summed E-state index contributed by atoms with van der Waals surface area (Å²) in [5, 5.41) is 12.5. The Balaban J connectivity index is 1.08. The number of piperidine rings is 1. The van der Waals surface area contributed by atoms with Crippen LogP contribution in [0.15, 0.2) is 79.5 Å². The van der Waals surface area contributed by atoms with Gasteiger partial charge in [-0.1, -0.05) is 24.3 Å². The Bertz CT molecular complexity index is 1720. The molecular formula is C31H27N9O. The lowest BCUT2D eigenvalue weighted by Gasteiger charge is -2.32. The van der Waals surface area contributed by atoms with Gasteiger partial charge in [0.1, 0.15) is 23.5 Å². The Hall–Kier alpha value is -5.14.